The SMILES string of the molecule is COC(=O)[C@H]1CCCN(C(=O)CCN2C(=O)CCC2=O)C1. The van der Waals surface area contributed by atoms with Gasteiger partial charge in [0, 0.05) is 38.9 Å². The highest BCUT2D eigenvalue weighted by Crippen LogP contribution is 2.19. The minimum Gasteiger partial charge on any atom is -0.469 e. The molecule has 116 valence electrons. The molecule has 7 nitrogen and oxygen atoms in total. The fourth-order valence-electron chi connectivity index (χ4n) is 2.80. The largest absolute Gasteiger partial charge is 0.469 e. The molecule has 0 aromatic heterocycles. The molecule has 0 saturated carbocycles. The van der Waals surface area contributed by atoms with Crippen LogP contribution in [-0.2, 0) is 23.9 Å². The summed E-state index contributed by atoms with van der Waals surface area (Å²) in [5.74, 6) is -1.12. The first kappa shape index (κ1) is 15.5. The van der Waals surface area contributed by atoms with Crippen LogP contribution in [0.5, 0.6) is 0 Å². The molecule has 21 heavy (non-hydrogen) atoms. The topological polar surface area (TPSA) is 84.0 Å². The molecule has 2 aliphatic heterocycles. The smallest absolute Gasteiger partial charge is 0.310 e. The van der Waals surface area contributed by atoms with Gasteiger partial charge in [0.2, 0.25) is 17.7 Å². The summed E-state index contributed by atoms with van der Waals surface area (Å²) in [6, 6.07) is 0. The van der Waals surface area contributed by atoms with Crippen molar-refractivity contribution in [2.24, 2.45) is 5.92 Å². The monoisotopic (exact) mass is 296 g/mol. The molecule has 0 spiro atoms. The Morgan fingerprint density at radius 2 is 1.90 bits per heavy atom. The van der Waals surface area contributed by atoms with Crippen molar-refractivity contribution in [3.05, 3.63) is 0 Å². The molecule has 2 heterocycles. The third-order valence-corrected chi connectivity index (χ3v) is 4.01. The fourth-order valence-corrected chi connectivity index (χ4v) is 2.80. The van der Waals surface area contributed by atoms with E-state index in [9.17, 15) is 19.2 Å². The number of rotatable bonds is 4. The van der Waals surface area contributed by atoms with Gasteiger partial charge in [0.1, 0.15) is 0 Å². The van der Waals surface area contributed by atoms with Crippen molar-refractivity contribution in [3.63, 3.8) is 0 Å². The number of hydrogen-bond acceptors (Lipinski definition) is 5. The van der Waals surface area contributed by atoms with Crippen LogP contribution in [0.3, 0.4) is 0 Å². The number of amides is 3. The van der Waals surface area contributed by atoms with Gasteiger partial charge in [0.15, 0.2) is 0 Å². The molecule has 2 saturated heterocycles. The highest BCUT2D eigenvalue weighted by molar-refractivity contribution is 6.02. The highest BCUT2D eigenvalue weighted by Gasteiger charge is 2.31. The second-order valence-corrected chi connectivity index (χ2v) is 5.39. The Hall–Kier alpha value is -1.92. The maximum atomic E-state index is 12.1. The lowest BCUT2D eigenvalue weighted by atomic mass is 9.98. The molecule has 0 aromatic carbocycles. The molecule has 1 atom stereocenters. The van der Waals surface area contributed by atoms with Gasteiger partial charge in [0.25, 0.3) is 0 Å². The average Bonchev–Trinajstić information content (AvgIpc) is 2.83. The lowest BCUT2D eigenvalue weighted by Crippen LogP contribution is -2.44. The molecule has 2 aliphatic rings. The van der Waals surface area contributed by atoms with E-state index in [4.69, 9.17) is 4.74 Å². The van der Waals surface area contributed by atoms with Gasteiger partial charge in [-0.15, -0.1) is 0 Å². The van der Waals surface area contributed by atoms with E-state index in [0.717, 1.165) is 17.7 Å². The van der Waals surface area contributed by atoms with E-state index in [1.54, 1.807) is 4.90 Å². The summed E-state index contributed by atoms with van der Waals surface area (Å²) in [5, 5.41) is 0. The molecule has 3 amide bonds. The van der Waals surface area contributed by atoms with Crippen LogP contribution in [0.4, 0.5) is 0 Å². The Morgan fingerprint density at radius 1 is 1.24 bits per heavy atom. The van der Waals surface area contributed by atoms with Crippen molar-refractivity contribution in [2.45, 2.75) is 32.1 Å². The van der Waals surface area contributed by atoms with Crippen LogP contribution in [0.15, 0.2) is 0 Å². The van der Waals surface area contributed by atoms with Crippen LogP contribution in [-0.4, -0.2) is 60.2 Å². The Balaban J connectivity index is 1.84. The number of piperidine rings is 1. The van der Waals surface area contributed by atoms with Crippen LogP contribution in [0.25, 0.3) is 0 Å². The Bertz CT molecular complexity index is 446. The van der Waals surface area contributed by atoms with Gasteiger partial charge in [0.05, 0.1) is 13.0 Å². The van der Waals surface area contributed by atoms with Crippen molar-refractivity contribution >= 4 is 23.7 Å². The average molecular weight is 296 g/mol. The lowest BCUT2D eigenvalue weighted by Gasteiger charge is -2.31. The molecule has 2 fully saturated rings. The summed E-state index contributed by atoms with van der Waals surface area (Å²) in [6.45, 7) is 1.09. The number of ether oxygens (including phenoxy) is 1. The summed E-state index contributed by atoms with van der Waals surface area (Å²) in [6.07, 6.45) is 2.07. The lowest BCUT2D eigenvalue weighted by molar-refractivity contribution is -0.149. The van der Waals surface area contributed by atoms with Crippen LogP contribution in [0, 0.1) is 5.92 Å². The second-order valence-electron chi connectivity index (χ2n) is 5.39. The van der Waals surface area contributed by atoms with E-state index in [0.29, 0.717) is 13.1 Å². The number of esters is 1. The van der Waals surface area contributed by atoms with Crippen molar-refractivity contribution in [1.29, 1.82) is 0 Å². The third kappa shape index (κ3) is 3.59. The standard InChI is InChI=1S/C14H20N2O5/c1-21-14(20)10-3-2-7-15(9-10)11(17)6-8-16-12(18)4-5-13(16)19/h10H,2-9H2,1H3/t10-/m0/s1. The van der Waals surface area contributed by atoms with Crippen LogP contribution < -0.4 is 0 Å². The van der Waals surface area contributed by atoms with Crippen LogP contribution in [0.1, 0.15) is 32.1 Å². The van der Waals surface area contributed by atoms with Crippen molar-refractivity contribution in [2.75, 3.05) is 26.7 Å². The van der Waals surface area contributed by atoms with Crippen LogP contribution in [0.2, 0.25) is 0 Å². The number of carbonyl (C=O) groups is 4. The van der Waals surface area contributed by atoms with Gasteiger partial charge in [-0.3, -0.25) is 24.1 Å². The number of hydrogen-bond donors (Lipinski definition) is 0. The zero-order valence-corrected chi connectivity index (χ0v) is 12.2. The van der Waals surface area contributed by atoms with Gasteiger partial charge in [-0.05, 0) is 12.8 Å². The number of carbonyl (C=O) groups excluding carboxylic acids is 4. The fraction of sp³-hybridized carbons (Fsp3) is 0.714. The normalized spacial score (nSPS) is 22.6. The van der Waals surface area contributed by atoms with E-state index in [-0.39, 0.29) is 55.4 Å². The first-order valence-electron chi connectivity index (χ1n) is 7.21. The first-order chi connectivity index (χ1) is 10.0. The summed E-state index contributed by atoms with van der Waals surface area (Å²) in [5.41, 5.74) is 0. The van der Waals surface area contributed by atoms with Crippen molar-refractivity contribution in [3.8, 4) is 0 Å². The highest BCUT2D eigenvalue weighted by atomic mass is 16.5. The zero-order valence-electron chi connectivity index (χ0n) is 12.2. The molecule has 0 unspecified atom stereocenters. The van der Waals surface area contributed by atoms with Gasteiger partial charge in [-0.2, -0.15) is 0 Å². The quantitative estimate of drug-likeness (QED) is 0.536. The summed E-state index contributed by atoms with van der Waals surface area (Å²) in [4.78, 5) is 49.4. The predicted octanol–water partition coefficient (Wildman–Crippen LogP) is -0.0629. The van der Waals surface area contributed by atoms with E-state index in [2.05, 4.69) is 0 Å². The van der Waals surface area contributed by atoms with Gasteiger partial charge >= 0.3 is 5.97 Å². The van der Waals surface area contributed by atoms with Gasteiger partial charge in [-0.25, -0.2) is 0 Å². The minimum absolute atomic E-state index is 0.116. The van der Waals surface area contributed by atoms with Crippen molar-refractivity contribution in [1.82, 2.24) is 9.80 Å². The molecule has 0 aliphatic carbocycles. The second kappa shape index (κ2) is 6.69. The summed E-state index contributed by atoms with van der Waals surface area (Å²) < 4.78 is 4.71. The Labute approximate surface area is 123 Å². The van der Waals surface area contributed by atoms with E-state index >= 15 is 0 Å². The van der Waals surface area contributed by atoms with E-state index in [1.807, 2.05) is 0 Å². The Morgan fingerprint density at radius 3 is 2.52 bits per heavy atom. The number of imide groups is 1. The maximum absolute atomic E-state index is 12.1. The van der Waals surface area contributed by atoms with Gasteiger partial charge in [-0.1, -0.05) is 0 Å². The molecule has 7 heteroatoms. The molecular formula is C14H20N2O5. The van der Waals surface area contributed by atoms with E-state index in [1.165, 1.54) is 7.11 Å². The first-order valence-corrected chi connectivity index (χ1v) is 7.21. The van der Waals surface area contributed by atoms with E-state index < -0.39 is 0 Å². The molecular weight excluding hydrogens is 276 g/mol. The number of nitrogens with zero attached hydrogens (tertiary/aromatic N) is 2. The van der Waals surface area contributed by atoms with Gasteiger partial charge < -0.3 is 9.64 Å². The minimum atomic E-state index is -0.294. The molecule has 2 rings (SSSR count). The molecule has 0 N–H and O–H groups in total. The molecule has 0 bridgehead atoms. The summed E-state index contributed by atoms with van der Waals surface area (Å²) in [7, 11) is 1.34. The predicted molar refractivity (Wildman–Crippen MR) is 71.9 cm³/mol. The summed E-state index contributed by atoms with van der Waals surface area (Å²) >= 11 is 0. The van der Waals surface area contributed by atoms with Crippen molar-refractivity contribution < 1.29 is 23.9 Å². The van der Waals surface area contributed by atoms with Crippen LogP contribution >= 0.6 is 0 Å². The maximum Gasteiger partial charge on any atom is 0.310 e. The number of methoxy groups -OCH3 is 1. The molecule has 0 aromatic rings. The number of likely N-dealkylation sites (tertiary alicyclic amines) is 2. The zero-order chi connectivity index (χ0) is 15.4. The third-order valence-electron chi connectivity index (χ3n) is 4.01. The Kier molecular flexibility index (Phi) is 4.93. The molecule has 0 radical (unpaired) electrons.